The third kappa shape index (κ3) is 3.31. The summed E-state index contributed by atoms with van der Waals surface area (Å²) in [7, 11) is -0.929. The molecule has 3 aromatic rings. The number of carbonyl (C=O) groups excluding carboxylic acids is 1. The van der Waals surface area contributed by atoms with Crippen molar-refractivity contribution < 1.29 is 13.2 Å². The number of aryl methyl sites for hydroxylation is 3. The summed E-state index contributed by atoms with van der Waals surface area (Å²) in [4.78, 5) is 17.3. The second kappa shape index (κ2) is 6.50. The highest BCUT2D eigenvalue weighted by Gasteiger charge is 2.23. The lowest BCUT2D eigenvalue weighted by atomic mass is 10.0. The zero-order valence-electron chi connectivity index (χ0n) is 14.9. The maximum Gasteiger partial charge on any atom is 0.261 e. The molecule has 1 aromatic carbocycles. The molecule has 9 heteroatoms. The molecule has 0 aliphatic carbocycles. The molecule has 2 heterocycles. The topological polar surface area (TPSA) is 106 Å². The molecular formula is C17H19N5O3S. The van der Waals surface area contributed by atoms with E-state index in [-0.39, 0.29) is 10.7 Å². The van der Waals surface area contributed by atoms with Gasteiger partial charge in [-0.3, -0.25) is 14.5 Å². The first-order valence-corrected chi connectivity index (χ1v) is 9.36. The van der Waals surface area contributed by atoms with Crippen LogP contribution in [0.1, 0.15) is 21.6 Å². The van der Waals surface area contributed by atoms with E-state index in [9.17, 15) is 13.2 Å². The quantitative estimate of drug-likeness (QED) is 0.725. The number of sulfonamides is 1. The minimum atomic E-state index is -3.80. The van der Waals surface area contributed by atoms with Gasteiger partial charge in [0.15, 0.2) is 0 Å². The van der Waals surface area contributed by atoms with Crippen LogP contribution in [-0.2, 0) is 17.1 Å². The number of benzene rings is 1. The van der Waals surface area contributed by atoms with Crippen LogP contribution in [0.5, 0.6) is 0 Å². The molecule has 0 radical (unpaired) electrons. The molecule has 0 fully saturated rings. The van der Waals surface area contributed by atoms with Gasteiger partial charge in [-0.15, -0.1) is 0 Å². The van der Waals surface area contributed by atoms with Crippen LogP contribution >= 0.6 is 0 Å². The zero-order chi connectivity index (χ0) is 19.1. The third-order valence-corrected chi connectivity index (χ3v) is 5.25. The first-order chi connectivity index (χ1) is 12.2. The van der Waals surface area contributed by atoms with E-state index in [2.05, 4.69) is 20.1 Å². The van der Waals surface area contributed by atoms with Gasteiger partial charge in [-0.05, 0) is 39.1 Å². The van der Waals surface area contributed by atoms with Crippen LogP contribution in [0.4, 0.5) is 5.69 Å². The molecule has 1 amide bonds. The molecule has 0 aliphatic heterocycles. The molecular weight excluding hydrogens is 354 g/mol. The highest BCUT2D eigenvalue weighted by Crippen LogP contribution is 2.23. The van der Waals surface area contributed by atoms with E-state index in [1.54, 1.807) is 20.0 Å². The average molecular weight is 373 g/mol. The number of hydrogen-bond acceptors (Lipinski definition) is 5. The number of anilines is 1. The fraction of sp³-hybridized carbons (Fsp3) is 0.235. The summed E-state index contributed by atoms with van der Waals surface area (Å²) in [6.45, 7) is 3.73. The van der Waals surface area contributed by atoms with Crippen molar-refractivity contribution in [1.29, 1.82) is 0 Å². The molecule has 2 N–H and O–H groups in total. The maximum atomic E-state index is 12.9. The summed E-state index contributed by atoms with van der Waals surface area (Å²) in [5.41, 5.74) is 2.93. The molecule has 0 aliphatic rings. The number of pyridine rings is 1. The minimum Gasteiger partial charge on any atom is -0.318 e. The smallest absolute Gasteiger partial charge is 0.261 e. The van der Waals surface area contributed by atoms with Crippen molar-refractivity contribution >= 4 is 32.5 Å². The van der Waals surface area contributed by atoms with Crippen LogP contribution in [0.15, 0.2) is 35.5 Å². The summed E-state index contributed by atoms with van der Waals surface area (Å²) >= 11 is 0. The number of aromatic nitrogens is 3. The van der Waals surface area contributed by atoms with E-state index in [1.807, 2.05) is 25.1 Å². The SMILES string of the molecule is CNS(=O)(=O)c1nn(C)cc1NC(=O)c1cc(C)nc2ccc(C)cc12. The molecule has 0 saturated heterocycles. The molecule has 3 rings (SSSR count). The van der Waals surface area contributed by atoms with Crippen LogP contribution in [0, 0.1) is 13.8 Å². The van der Waals surface area contributed by atoms with Gasteiger partial charge < -0.3 is 5.32 Å². The number of amides is 1. The zero-order valence-corrected chi connectivity index (χ0v) is 15.7. The normalized spacial score (nSPS) is 11.7. The summed E-state index contributed by atoms with van der Waals surface area (Å²) in [5, 5.41) is 7.06. The Morgan fingerprint density at radius 2 is 1.92 bits per heavy atom. The highest BCUT2D eigenvalue weighted by molar-refractivity contribution is 7.89. The first-order valence-electron chi connectivity index (χ1n) is 7.88. The van der Waals surface area contributed by atoms with Gasteiger partial charge >= 0.3 is 0 Å². The van der Waals surface area contributed by atoms with Gasteiger partial charge in [0.05, 0.1) is 11.1 Å². The largest absolute Gasteiger partial charge is 0.318 e. The van der Waals surface area contributed by atoms with Gasteiger partial charge in [-0.2, -0.15) is 5.10 Å². The van der Waals surface area contributed by atoms with Crippen molar-refractivity contribution in [3.63, 3.8) is 0 Å². The molecule has 2 aromatic heterocycles. The van der Waals surface area contributed by atoms with Crippen molar-refractivity contribution in [2.45, 2.75) is 18.9 Å². The van der Waals surface area contributed by atoms with Crippen LogP contribution in [0.3, 0.4) is 0 Å². The van der Waals surface area contributed by atoms with Crippen molar-refractivity contribution in [2.24, 2.45) is 7.05 Å². The predicted octanol–water partition coefficient (Wildman–Crippen LogP) is 1.75. The third-order valence-electron chi connectivity index (χ3n) is 3.90. The molecule has 26 heavy (non-hydrogen) atoms. The number of nitrogens with one attached hydrogen (secondary N) is 2. The lowest BCUT2D eigenvalue weighted by molar-refractivity contribution is 0.102. The summed E-state index contributed by atoms with van der Waals surface area (Å²) in [6.07, 6.45) is 1.45. The summed E-state index contributed by atoms with van der Waals surface area (Å²) in [6, 6.07) is 7.34. The van der Waals surface area contributed by atoms with Gasteiger partial charge in [-0.25, -0.2) is 13.1 Å². The molecule has 0 unspecified atom stereocenters. The summed E-state index contributed by atoms with van der Waals surface area (Å²) in [5.74, 6) is -0.424. The molecule has 136 valence electrons. The lowest BCUT2D eigenvalue weighted by Gasteiger charge is -2.10. The van der Waals surface area contributed by atoms with Crippen LogP contribution in [0.2, 0.25) is 0 Å². The predicted molar refractivity (Wildman–Crippen MR) is 98.6 cm³/mol. The lowest BCUT2D eigenvalue weighted by Crippen LogP contribution is -2.22. The fourth-order valence-electron chi connectivity index (χ4n) is 2.70. The van der Waals surface area contributed by atoms with Gasteiger partial charge in [0.1, 0.15) is 5.69 Å². The van der Waals surface area contributed by atoms with Crippen LogP contribution in [-0.4, -0.2) is 36.1 Å². The highest BCUT2D eigenvalue weighted by atomic mass is 32.2. The molecule has 0 saturated carbocycles. The number of rotatable bonds is 4. The Hall–Kier alpha value is -2.78. The molecule has 0 bridgehead atoms. The van der Waals surface area contributed by atoms with Crippen molar-refractivity contribution in [3.05, 3.63) is 47.3 Å². The second-order valence-corrected chi connectivity index (χ2v) is 7.82. The molecule has 8 nitrogen and oxygen atoms in total. The van der Waals surface area contributed by atoms with E-state index in [0.29, 0.717) is 22.2 Å². The maximum absolute atomic E-state index is 12.9. The Bertz CT molecular complexity index is 1120. The standard InChI is InChI=1S/C17H19N5O3S/c1-10-5-6-14-12(7-10)13(8-11(2)19-14)16(23)20-15-9-22(4)21-17(15)26(24,25)18-3/h5-9,18H,1-4H3,(H,20,23). The second-order valence-electron chi connectivity index (χ2n) is 6.02. The van der Waals surface area contributed by atoms with E-state index >= 15 is 0 Å². The van der Waals surface area contributed by atoms with Gasteiger partial charge in [0.2, 0.25) is 5.03 Å². The van der Waals surface area contributed by atoms with Gasteiger partial charge in [-0.1, -0.05) is 11.6 Å². The van der Waals surface area contributed by atoms with Crippen molar-refractivity contribution in [1.82, 2.24) is 19.5 Å². The Kier molecular flexibility index (Phi) is 4.51. The fourth-order valence-corrected chi connectivity index (χ4v) is 3.52. The molecule has 0 atom stereocenters. The van der Waals surface area contributed by atoms with E-state index < -0.39 is 15.9 Å². The first kappa shape index (κ1) is 18.0. The van der Waals surface area contributed by atoms with E-state index in [1.165, 1.54) is 17.9 Å². The van der Waals surface area contributed by atoms with Crippen LogP contribution < -0.4 is 10.0 Å². The Balaban J connectivity index is 2.08. The Morgan fingerprint density at radius 1 is 1.19 bits per heavy atom. The van der Waals surface area contributed by atoms with Crippen LogP contribution in [0.25, 0.3) is 10.9 Å². The minimum absolute atomic E-state index is 0.113. The Morgan fingerprint density at radius 3 is 2.62 bits per heavy atom. The number of fused-ring (bicyclic) bond motifs is 1. The monoisotopic (exact) mass is 373 g/mol. The van der Waals surface area contributed by atoms with Gasteiger partial charge in [0, 0.05) is 24.3 Å². The van der Waals surface area contributed by atoms with E-state index in [0.717, 1.165) is 5.56 Å². The summed E-state index contributed by atoms with van der Waals surface area (Å²) < 4.78 is 27.8. The van der Waals surface area contributed by atoms with Gasteiger partial charge in [0.25, 0.3) is 15.9 Å². The van der Waals surface area contributed by atoms with Crippen molar-refractivity contribution in [3.8, 4) is 0 Å². The average Bonchev–Trinajstić information content (AvgIpc) is 2.95. The number of carbonyl (C=O) groups is 1. The number of nitrogens with zero attached hydrogens (tertiary/aromatic N) is 3. The Labute approximate surface area is 151 Å². The molecule has 0 spiro atoms. The van der Waals surface area contributed by atoms with E-state index in [4.69, 9.17) is 0 Å². The number of hydrogen-bond donors (Lipinski definition) is 2. The van der Waals surface area contributed by atoms with Crippen molar-refractivity contribution in [2.75, 3.05) is 12.4 Å².